The van der Waals surface area contributed by atoms with Gasteiger partial charge in [-0.15, -0.1) is 24.0 Å². The minimum atomic E-state index is -0.151. The average Bonchev–Trinajstić information content (AvgIpc) is 2.71. The van der Waals surface area contributed by atoms with Crippen LogP contribution in [0.3, 0.4) is 0 Å². The monoisotopic (exact) mass is 490 g/mol. The first kappa shape index (κ1) is 24.0. The molecule has 0 spiro atoms. The van der Waals surface area contributed by atoms with Gasteiger partial charge in [0.05, 0.1) is 5.60 Å². The number of ether oxygens (including phenoxy) is 2. The Balaban J connectivity index is 0.00000364. The highest BCUT2D eigenvalue weighted by molar-refractivity contribution is 14.0. The van der Waals surface area contributed by atoms with Crippen molar-refractivity contribution in [2.75, 3.05) is 58.5 Å². The number of benzene rings is 1. The zero-order chi connectivity index (χ0) is 18.7. The average molecular weight is 490 g/mol. The van der Waals surface area contributed by atoms with Crippen LogP contribution < -0.4 is 15.5 Å². The van der Waals surface area contributed by atoms with E-state index >= 15 is 0 Å². The number of para-hydroxylation sites is 1. The highest BCUT2D eigenvalue weighted by Crippen LogP contribution is 2.23. The van der Waals surface area contributed by atoms with E-state index in [0.29, 0.717) is 0 Å². The van der Waals surface area contributed by atoms with Crippen molar-refractivity contribution >= 4 is 35.6 Å². The Hall–Kier alpha value is -1.06. The molecule has 2 N–H and O–H groups in total. The van der Waals surface area contributed by atoms with Gasteiger partial charge >= 0.3 is 0 Å². The molecule has 1 saturated heterocycles. The summed E-state index contributed by atoms with van der Waals surface area (Å²) < 4.78 is 11.2. The van der Waals surface area contributed by atoms with Crippen molar-refractivity contribution in [3.05, 3.63) is 30.3 Å². The molecule has 1 aliphatic rings. The minimum Gasteiger partial charge on any atom is -0.381 e. The minimum absolute atomic E-state index is 0. The van der Waals surface area contributed by atoms with Crippen molar-refractivity contribution in [3.8, 4) is 0 Å². The Morgan fingerprint density at radius 3 is 2.52 bits per heavy atom. The predicted molar refractivity (Wildman–Crippen MR) is 124 cm³/mol. The molecule has 0 atom stereocenters. The van der Waals surface area contributed by atoms with Gasteiger partial charge in [-0.25, -0.2) is 0 Å². The number of hydrogen-bond acceptors (Lipinski definition) is 4. The van der Waals surface area contributed by atoms with Crippen LogP contribution in [-0.2, 0) is 9.47 Å². The Bertz CT molecular complexity index is 536. The predicted octanol–water partition coefficient (Wildman–Crippen LogP) is 2.88. The lowest BCUT2D eigenvalue weighted by molar-refractivity contribution is -0.0855. The van der Waals surface area contributed by atoms with Crippen LogP contribution in [0.2, 0.25) is 0 Å². The molecule has 0 aliphatic carbocycles. The molecule has 0 saturated carbocycles. The van der Waals surface area contributed by atoms with Crippen LogP contribution in [0.25, 0.3) is 0 Å². The molecule has 1 aromatic rings. The molecular weight excluding hydrogens is 455 g/mol. The Kier molecular flexibility index (Phi) is 11.7. The molecule has 0 amide bonds. The molecule has 27 heavy (non-hydrogen) atoms. The van der Waals surface area contributed by atoms with Gasteiger partial charge in [-0.3, -0.25) is 4.99 Å². The van der Waals surface area contributed by atoms with Gasteiger partial charge in [-0.1, -0.05) is 18.2 Å². The molecular formula is C20H35IN4O2. The Morgan fingerprint density at radius 1 is 1.22 bits per heavy atom. The van der Waals surface area contributed by atoms with Crippen LogP contribution in [0.5, 0.6) is 0 Å². The number of nitrogens with one attached hydrogen (secondary N) is 2. The van der Waals surface area contributed by atoms with E-state index < -0.39 is 0 Å². The lowest BCUT2D eigenvalue weighted by atomic mass is 9.94. The van der Waals surface area contributed by atoms with Gasteiger partial charge in [0.15, 0.2) is 5.96 Å². The van der Waals surface area contributed by atoms with Gasteiger partial charge in [0.1, 0.15) is 0 Å². The Labute approximate surface area is 181 Å². The van der Waals surface area contributed by atoms with Gasteiger partial charge in [0.25, 0.3) is 0 Å². The summed E-state index contributed by atoms with van der Waals surface area (Å²) in [5, 5.41) is 6.82. The first-order valence-electron chi connectivity index (χ1n) is 9.60. The summed E-state index contributed by atoms with van der Waals surface area (Å²) in [5.74, 6) is 0.829. The van der Waals surface area contributed by atoms with E-state index in [9.17, 15) is 0 Å². The van der Waals surface area contributed by atoms with Crippen molar-refractivity contribution in [2.24, 2.45) is 4.99 Å². The number of halogens is 1. The van der Waals surface area contributed by atoms with Crippen molar-refractivity contribution in [1.29, 1.82) is 0 Å². The van der Waals surface area contributed by atoms with Crippen LogP contribution in [0.1, 0.15) is 26.2 Å². The standard InChI is InChI=1S/C20H34N4O2.HI/c1-4-24(18-9-6-5-7-10-18)14-8-13-22-19(21-2)23-17-20(25-3)11-15-26-16-12-20;/h5-7,9-10H,4,8,11-17H2,1-3H3,(H2,21,22,23);1H. The Morgan fingerprint density at radius 2 is 1.93 bits per heavy atom. The molecule has 1 fully saturated rings. The number of hydrogen-bond donors (Lipinski definition) is 2. The van der Waals surface area contributed by atoms with Gasteiger partial charge in [0.2, 0.25) is 0 Å². The van der Waals surface area contributed by atoms with Crippen molar-refractivity contribution in [2.45, 2.75) is 31.8 Å². The fraction of sp³-hybridized carbons (Fsp3) is 0.650. The molecule has 0 aromatic heterocycles. The number of methoxy groups -OCH3 is 1. The molecule has 6 nitrogen and oxygen atoms in total. The van der Waals surface area contributed by atoms with Crippen LogP contribution in [0.15, 0.2) is 35.3 Å². The van der Waals surface area contributed by atoms with E-state index in [1.165, 1.54) is 5.69 Å². The second-order valence-electron chi connectivity index (χ2n) is 6.62. The molecule has 1 heterocycles. The third-order valence-corrected chi connectivity index (χ3v) is 5.04. The third-order valence-electron chi connectivity index (χ3n) is 5.04. The van der Waals surface area contributed by atoms with Crippen molar-refractivity contribution < 1.29 is 9.47 Å². The van der Waals surface area contributed by atoms with Gasteiger partial charge < -0.3 is 25.0 Å². The van der Waals surface area contributed by atoms with Crippen LogP contribution >= 0.6 is 24.0 Å². The zero-order valence-electron chi connectivity index (χ0n) is 16.9. The lowest BCUT2D eigenvalue weighted by Gasteiger charge is -2.36. The lowest BCUT2D eigenvalue weighted by Crippen LogP contribution is -2.51. The topological polar surface area (TPSA) is 58.1 Å². The van der Waals surface area contributed by atoms with Crippen molar-refractivity contribution in [3.63, 3.8) is 0 Å². The van der Waals surface area contributed by atoms with Gasteiger partial charge in [-0.05, 0) is 25.5 Å². The molecule has 7 heteroatoms. The van der Waals surface area contributed by atoms with Gasteiger partial charge in [-0.2, -0.15) is 0 Å². The number of anilines is 1. The highest BCUT2D eigenvalue weighted by atomic mass is 127. The van der Waals surface area contributed by atoms with E-state index in [1.54, 1.807) is 14.2 Å². The summed E-state index contributed by atoms with van der Waals surface area (Å²) in [4.78, 5) is 6.72. The van der Waals surface area contributed by atoms with Crippen molar-refractivity contribution in [1.82, 2.24) is 10.6 Å². The number of aliphatic imine (C=N–C) groups is 1. The highest BCUT2D eigenvalue weighted by Gasteiger charge is 2.32. The summed E-state index contributed by atoms with van der Waals surface area (Å²) in [7, 11) is 3.59. The normalized spacial score (nSPS) is 16.3. The van der Waals surface area contributed by atoms with E-state index in [2.05, 4.69) is 57.8 Å². The van der Waals surface area contributed by atoms with E-state index in [1.807, 2.05) is 0 Å². The molecule has 1 aromatic carbocycles. The number of guanidine groups is 1. The van der Waals surface area contributed by atoms with Crippen LogP contribution in [0, 0.1) is 0 Å². The number of nitrogens with zero attached hydrogens (tertiary/aromatic N) is 2. The molecule has 0 radical (unpaired) electrons. The third kappa shape index (κ3) is 7.83. The largest absolute Gasteiger partial charge is 0.381 e. The summed E-state index contributed by atoms with van der Waals surface area (Å²) in [5.41, 5.74) is 1.13. The summed E-state index contributed by atoms with van der Waals surface area (Å²) in [6, 6.07) is 10.6. The molecule has 0 bridgehead atoms. The quantitative estimate of drug-likeness (QED) is 0.241. The van der Waals surface area contributed by atoms with E-state index in [-0.39, 0.29) is 29.6 Å². The maximum absolute atomic E-state index is 5.76. The van der Waals surface area contributed by atoms with E-state index in [0.717, 1.165) is 64.6 Å². The smallest absolute Gasteiger partial charge is 0.191 e. The summed E-state index contributed by atoms with van der Waals surface area (Å²) >= 11 is 0. The van der Waals surface area contributed by atoms with E-state index in [4.69, 9.17) is 9.47 Å². The first-order valence-corrected chi connectivity index (χ1v) is 9.60. The second kappa shape index (κ2) is 13.2. The maximum atomic E-state index is 5.76. The first-order chi connectivity index (χ1) is 12.7. The SMILES string of the molecule is CCN(CCCNC(=NC)NCC1(OC)CCOCC1)c1ccccc1.I. The van der Waals surface area contributed by atoms with Gasteiger partial charge in [0, 0.05) is 72.1 Å². The van der Waals surface area contributed by atoms with Crippen LogP contribution in [-0.4, -0.2) is 65.1 Å². The molecule has 2 rings (SSSR count). The summed E-state index contributed by atoms with van der Waals surface area (Å²) in [6.07, 6.45) is 2.87. The molecule has 0 unspecified atom stereocenters. The summed E-state index contributed by atoms with van der Waals surface area (Å²) in [6.45, 7) is 7.36. The second-order valence-corrected chi connectivity index (χ2v) is 6.62. The zero-order valence-corrected chi connectivity index (χ0v) is 19.2. The molecule has 1 aliphatic heterocycles. The maximum Gasteiger partial charge on any atom is 0.191 e. The van der Waals surface area contributed by atoms with Crippen LogP contribution in [0.4, 0.5) is 5.69 Å². The fourth-order valence-electron chi connectivity index (χ4n) is 3.25. The fourth-order valence-corrected chi connectivity index (χ4v) is 3.25. The molecule has 154 valence electrons. The number of rotatable bonds is 9.